The van der Waals surface area contributed by atoms with E-state index in [9.17, 15) is 4.39 Å². The van der Waals surface area contributed by atoms with E-state index in [4.69, 9.17) is 4.74 Å². The molecule has 0 radical (unpaired) electrons. The van der Waals surface area contributed by atoms with Gasteiger partial charge in [0.2, 0.25) is 0 Å². The van der Waals surface area contributed by atoms with Crippen molar-refractivity contribution < 1.29 is 9.13 Å². The monoisotopic (exact) mass is 328 g/mol. The lowest BCUT2D eigenvalue weighted by Gasteiger charge is -2.29. The van der Waals surface area contributed by atoms with Crippen molar-refractivity contribution in [3.05, 3.63) is 64.5 Å². The lowest BCUT2D eigenvalue weighted by Crippen LogP contribution is -2.36. The number of rotatable bonds is 5. The molecule has 3 rings (SSSR count). The van der Waals surface area contributed by atoms with Crippen LogP contribution in [0.3, 0.4) is 0 Å². The van der Waals surface area contributed by atoms with Gasteiger partial charge < -0.3 is 15.0 Å². The fraction of sp³-hybridized carbons (Fsp3) is 0.400. The molecule has 1 fully saturated rings. The van der Waals surface area contributed by atoms with E-state index in [-0.39, 0.29) is 5.82 Å². The highest BCUT2D eigenvalue weighted by Crippen LogP contribution is 2.21. The summed E-state index contributed by atoms with van der Waals surface area (Å²) in [6.45, 7) is 8.49. The van der Waals surface area contributed by atoms with Gasteiger partial charge in [-0.05, 0) is 37.1 Å². The average molecular weight is 328 g/mol. The molecule has 0 aliphatic carbocycles. The number of anilines is 1. The normalized spacial score (nSPS) is 14.9. The molecule has 24 heavy (non-hydrogen) atoms. The number of nitrogens with one attached hydrogen (secondary N) is 1. The summed E-state index contributed by atoms with van der Waals surface area (Å²) in [5.41, 5.74) is 5.45. The third-order valence-electron chi connectivity index (χ3n) is 4.30. The van der Waals surface area contributed by atoms with Crippen LogP contribution in [0.25, 0.3) is 0 Å². The van der Waals surface area contributed by atoms with Gasteiger partial charge in [-0.15, -0.1) is 0 Å². The van der Waals surface area contributed by atoms with Gasteiger partial charge in [0.05, 0.1) is 18.9 Å². The molecule has 128 valence electrons. The molecule has 0 unspecified atom stereocenters. The predicted octanol–water partition coefficient (Wildman–Crippen LogP) is 3.57. The molecule has 0 saturated carbocycles. The third kappa shape index (κ3) is 4.34. The zero-order valence-corrected chi connectivity index (χ0v) is 14.4. The standard InChI is InChI=1S/C20H25FN2O/c1-15-9-16(2)11-18(10-15)14-22-13-17-3-4-20(19(21)12-17)23-5-7-24-8-6-23/h3-4,9-12,22H,5-8,13-14H2,1-2H3. The quantitative estimate of drug-likeness (QED) is 0.908. The summed E-state index contributed by atoms with van der Waals surface area (Å²) < 4.78 is 19.7. The Hall–Kier alpha value is -1.91. The van der Waals surface area contributed by atoms with E-state index in [0.717, 1.165) is 25.2 Å². The first-order valence-electron chi connectivity index (χ1n) is 8.51. The van der Waals surface area contributed by atoms with E-state index in [1.807, 2.05) is 17.0 Å². The number of hydrogen-bond donors (Lipinski definition) is 1. The molecule has 0 spiro atoms. The second-order valence-electron chi connectivity index (χ2n) is 6.48. The van der Waals surface area contributed by atoms with E-state index >= 15 is 0 Å². The van der Waals surface area contributed by atoms with Crippen molar-refractivity contribution in [2.45, 2.75) is 26.9 Å². The first-order valence-corrected chi connectivity index (χ1v) is 8.51. The Balaban J connectivity index is 1.58. The minimum atomic E-state index is -0.150. The van der Waals surface area contributed by atoms with Gasteiger partial charge in [-0.25, -0.2) is 4.39 Å². The summed E-state index contributed by atoms with van der Waals surface area (Å²) in [6, 6.07) is 12.1. The van der Waals surface area contributed by atoms with Gasteiger partial charge in [0, 0.05) is 26.2 Å². The van der Waals surface area contributed by atoms with Gasteiger partial charge in [-0.1, -0.05) is 35.4 Å². The second-order valence-corrected chi connectivity index (χ2v) is 6.48. The molecule has 0 atom stereocenters. The summed E-state index contributed by atoms with van der Waals surface area (Å²) >= 11 is 0. The van der Waals surface area contributed by atoms with E-state index in [0.29, 0.717) is 25.4 Å². The number of hydrogen-bond acceptors (Lipinski definition) is 3. The van der Waals surface area contributed by atoms with Gasteiger partial charge in [0.1, 0.15) is 5.82 Å². The van der Waals surface area contributed by atoms with Crippen LogP contribution in [0.5, 0.6) is 0 Å². The van der Waals surface area contributed by atoms with Crippen molar-refractivity contribution in [3.63, 3.8) is 0 Å². The molecule has 1 aliphatic rings. The summed E-state index contributed by atoms with van der Waals surface area (Å²) in [5.74, 6) is -0.150. The summed E-state index contributed by atoms with van der Waals surface area (Å²) in [7, 11) is 0. The molecule has 0 amide bonds. The van der Waals surface area contributed by atoms with Crippen LogP contribution in [-0.4, -0.2) is 26.3 Å². The zero-order chi connectivity index (χ0) is 16.9. The predicted molar refractivity (Wildman–Crippen MR) is 95.9 cm³/mol. The van der Waals surface area contributed by atoms with Crippen LogP contribution < -0.4 is 10.2 Å². The Morgan fingerprint density at radius 3 is 2.29 bits per heavy atom. The number of halogens is 1. The molecule has 3 nitrogen and oxygen atoms in total. The number of aryl methyl sites for hydroxylation is 2. The van der Waals surface area contributed by atoms with Crippen molar-refractivity contribution >= 4 is 5.69 Å². The average Bonchev–Trinajstić information content (AvgIpc) is 2.55. The highest BCUT2D eigenvalue weighted by atomic mass is 19.1. The Labute approximate surface area is 143 Å². The fourth-order valence-electron chi connectivity index (χ4n) is 3.24. The number of nitrogens with zero attached hydrogens (tertiary/aromatic N) is 1. The Bertz CT molecular complexity index is 676. The van der Waals surface area contributed by atoms with E-state index in [2.05, 4.69) is 37.4 Å². The molecule has 1 aliphatic heterocycles. The molecule has 0 bridgehead atoms. The van der Waals surface area contributed by atoms with Crippen LogP contribution in [0.4, 0.5) is 10.1 Å². The molecule has 2 aromatic rings. The maximum absolute atomic E-state index is 14.4. The minimum absolute atomic E-state index is 0.150. The Morgan fingerprint density at radius 1 is 0.958 bits per heavy atom. The van der Waals surface area contributed by atoms with Gasteiger partial charge in [-0.2, -0.15) is 0 Å². The van der Waals surface area contributed by atoms with E-state index in [1.165, 1.54) is 16.7 Å². The number of morpholine rings is 1. The second kappa shape index (κ2) is 7.77. The molecule has 2 aromatic carbocycles. The molecule has 1 heterocycles. The zero-order valence-electron chi connectivity index (χ0n) is 14.4. The lowest BCUT2D eigenvalue weighted by molar-refractivity contribution is 0.122. The molecule has 1 N–H and O–H groups in total. The first-order chi connectivity index (χ1) is 11.6. The fourth-order valence-corrected chi connectivity index (χ4v) is 3.24. The van der Waals surface area contributed by atoms with E-state index < -0.39 is 0 Å². The topological polar surface area (TPSA) is 24.5 Å². The maximum Gasteiger partial charge on any atom is 0.146 e. The van der Waals surface area contributed by atoms with Crippen LogP contribution in [0.15, 0.2) is 36.4 Å². The van der Waals surface area contributed by atoms with Crippen molar-refractivity contribution in [1.82, 2.24) is 5.32 Å². The van der Waals surface area contributed by atoms with Crippen molar-refractivity contribution in [1.29, 1.82) is 0 Å². The van der Waals surface area contributed by atoms with Gasteiger partial charge in [0.25, 0.3) is 0 Å². The highest BCUT2D eigenvalue weighted by Gasteiger charge is 2.15. The van der Waals surface area contributed by atoms with Crippen LogP contribution in [0.2, 0.25) is 0 Å². The molecule has 1 saturated heterocycles. The third-order valence-corrected chi connectivity index (χ3v) is 4.30. The van der Waals surface area contributed by atoms with Gasteiger partial charge in [0.15, 0.2) is 0 Å². The van der Waals surface area contributed by atoms with Crippen LogP contribution in [0.1, 0.15) is 22.3 Å². The summed E-state index contributed by atoms with van der Waals surface area (Å²) in [6.07, 6.45) is 0. The van der Waals surface area contributed by atoms with Crippen molar-refractivity contribution in [2.24, 2.45) is 0 Å². The number of benzene rings is 2. The Morgan fingerprint density at radius 2 is 1.62 bits per heavy atom. The van der Waals surface area contributed by atoms with Gasteiger partial charge in [-0.3, -0.25) is 0 Å². The highest BCUT2D eigenvalue weighted by molar-refractivity contribution is 5.49. The van der Waals surface area contributed by atoms with E-state index in [1.54, 1.807) is 6.07 Å². The lowest BCUT2D eigenvalue weighted by atomic mass is 10.1. The molecule has 0 aromatic heterocycles. The van der Waals surface area contributed by atoms with Gasteiger partial charge >= 0.3 is 0 Å². The van der Waals surface area contributed by atoms with Crippen LogP contribution >= 0.6 is 0 Å². The first kappa shape index (κ1) is 16.9. The molecule has 4 heteroatoms. The van der Waals surface area contributed by atoms with Crippen molar-refractivity contribution in [3.8, 4) is 0 Å². The Kier molecular flexibility index (Phi) is 5.48. The number of ether oxygens (including phenoxy) is 1. The summed E-state index contributed by atoms with van der Waals surface area (Å²) in [5, 5.41) is 3.40. The van der Waals surface area contributed by atoms with Crippen LogP contribution in [-0.2, 0) is 17.8 Å². The molecular weight excluding hydrogens is 303 g/mol. The van der Waals surface area contributed by atoms with Crippen LogP contribution in [0, 0.1) is 19.7 Å². The minimum Gasteiger partial charge on any atom is -0.378 e. The largest absolute Gasteiger partial charge is 0.378 e. The van der Waals surface area contributed by atoms with Crippen molar-refractivity contribution in [2.75, 3.05) is 31.2 Å². The SMILES string of the molecule is Cc1cc(C)cc(CNCc2ccc(N3CCOCC3)c(F)c2)c1. The summed E-state index contributed by atoms with van der Waals surface area (Å²) in [4.78, 5) is 2.05. The maximum atomic E-state index is 14.4. The smallest absolute Gasteiger partial charge is 0.146 e. The molecular formula is C20H25FN2O.